The van der Waals surface area contributed by atoms with Crippen LogP contribution >= 0.6 is 22.9 Å². The molecule has 2 aromatic heterocycles. The van der Waals surface area contributed by atoms with Gasteiger partial charge in [-0.25, -0.2) is 4.99 Å². The van der Waals surface area contributed by atoms with Crippen molar-refractivity contribution in [3.05, 3.63) is 96.7 Å². The van der Waals surface area contributed by atoms with Crippen molar-refractivity contribution in [3.8, 4) is 17.1 Å². The number of nitrogens with zero attached hydrogens (tertiary/aromatic N) is 2. The zero-order chi connectivity index (χ0) is 25.0. The van der Waals surface area contributed by atoms with Crippen LogP contribution in [0.5, 0.6) is 5.75 Å². The lowest BCUT2D eigenvalue weighted by Gasteiger charge is -2.44. The van der Waals surface area contributed by atoms with Gasteiger partial charge in [0, 0.05) is 22.2 Å². The predicted molar refractivity (Wildman–Crippen MR) is 136 cm³/mol. The number of aromatic nitrogens is 1. The Bertz CT molecular complexity index is 1690. The normalized spacial score (nSPS) is 22.2. The van der Waals surface area contributed by atoms with Gasteiger partial charge >= 0.3 is 5.97 Å². The summed E-state index contributed by atoms with van der Waals surface area (Å²) in [7, 11) is 0. The molecule has 36 heavy (non-hydrogen) atoms. The summed E-state index contributed by atoms with van der Waals surface area (Å²) in [5, 5.41) is 0.610. The van der Waals surface area contributed by atoms with Crippen molar-refractivity contribution in [2.45, 2.75) is 25.6 Å². The maximum atomic E-state index is 13.7. The smallest absolute Gasteiger partial charge is 0.317 e. The average molecular weight is 521 g/mol. The number of para-hydroxylation sites is 1. The third-order valence-corrected chi connectivity index (χ3v) is 7.65. The first-order chi connectivity index (χ1) is 17.4. The number of esters is 1. The fourth-order valence-corrected chi connectivity index (χ4v) is 6.16. The number of rotatable bonds is 4. The minimum Gasteiger partial charge on any atom is -0.466 e. The van der Waals surface area contributed by atoms with Crippen LogP contribution in [0.15, 0.2) is 74.9 Å². The monoisotopic (exact) mass is 520 g/mol. The molecule has 3 atom stereocenters. The molecular weight excluding hydrogens is 500 g/mol. The molecule has 0 N–H and O–H groups in total. The van der Waals surface area contributed by atoms with E-state index >= 15 is 0 Å². The van der Waals surface area contributed by atoms with Gasteiger partial charge in [0.15, 0.2) is 4.80 Å². The quantitative estimate of drug-likeness (QED) is 0.377. The summed E-state index contributed by atoms with van der Waals surface area (Å²) in [5.41, 5.74) is 0.131. The minimum absolute atomic E-state index is 0.220. The van der Waals surface area contributed by atoms with Crippen LogP contribution < -0.4 is 19.6 Å². The molecule has 3 unspecified atom stereocenters. The van der Waals surface area contributed by atoms with Gasteiger partial charge in [-0.2, -0.15) is 0 Å². The summed E-state index contributed by atoms with van der Waals surface area (Å²) in [6.07, 6.45) is 1.69. The molecule has 0 aliphatic carbocycles. The van der Waals surface area contributed by atoms with Crippen molar-refractivity contribution in [1.82, 2.24) is 4.57 Å². The van der Waals surface area contributed by atoms with Crippen molar-refractivity contribution in [2.75, 3.05) is 6.61 Å². The van der Waals surface area contributed by atoms with E-state index in [4.69, 9.17) is 30.5 Å². The summed E-state index contributed by atoms with van der Waals surface area (Å²) in [4.78, 5) is 32.1. The highest BCUT2D eigenvalue weighted by Gasteiger charge is 2.55. The number of carbonyl (C=O) groups is 1. The molecule has 7 nitrogen and oxygen atoms in total. The Morgan fingerprint density at radius 1 is 1.22 bits per heavy atom. The van der Waals surface area contributed by atoms with Gasteiger partial charge in [0.1, 0.15) is 23.2 Å². The standard InChI is InChI=1S/C27H21ClN2O5S/c1-3-33-25(32)22-23-18-9-4-5-10-20(18)35-27(22,2)29-26-30(23)24(31)21(36-26)14-17-11-12-19(34-17)15-7-6-8-16(28)13-15/h4-14,22-23H,3H2,1-2H3. The largest absolute Gasteiger partial charge is 0.466 e. The van der Waals surface area contributed by atoms with Crippen molar-refractivity contribution in [1.29, 1.82) is 0 Å². The second-order valence-corrected chi connectivity index (χ2v) is 10.2. The molecular formula is C27H21ClN2O5S. The van der Waals surface area contributed by atoms with Crippen molar-refractivity contribution in [3.63, 3.8) is 0 Å². The molecule has 2 bridgehead atoms. The Labute approximate surface area is 214 Å². The second kappa shape index (κ2) is 8.50. The van der Waals surface area contributed by atoms with E-state index in [2.05, 4.69) is 0 Å². The number of fused-ring (bicyclic) bond motifs is 6. The molecule has 9 heteroatoms. The number of thiazole rings is 1. The van der Waals surface area contributed by atoms with E-state index in [0.29, 0.717) is 31.6 Å². The highest BCUT2D eigenvalue weighted by atomic mass is 35.5. The maximum Gasteiger partial charge on any atom is 0.317 e. The SMILES string of the molecule is CCOC(=O)C1C2c3ccccc3OC1(C)N=c1sc(=Cc3ccc(-c4cccc(Cl)c4)o3)c(=O)n12. The van der Waals surface area contributed by atoms with Crippen LogP contribution in [-0.4, -0.2) is 22.9 Å². The van der Waals surface area contributed by atoms with Crippen molar-refractivity contribution in [2.24, 2.45) is 10.9 Å². The van der Waals surface area contributed by atoms with Gasteiger partial charge in [-0.3, -0.25) is 14.2 Å². The van der Waals surface area contributed by atoms with Gasteiger partial charge in [0.2, 0.25) is 5.72 Å². The summed E-state index contributed by atoms with van der Waals surface area (Å²) < 4.78 is 19.6. The van der Waals surface area contributed by atoms with Crippen LogP contribution in [0.3, 0.4) is 0 Å². The molecule has 2 aliphatic rings. The van der Waals surface area contributed by atoms with E-state index < -0.39 is 23.7 Å². The van der Waals surface area contributed by atoms with E-state index in [9.17, 15) is 9.59 Å². The molecule has 0 radical (unpaired) electrons. The van der Waals surface area contributed by atoms with Gasteiger partial charge in [0.05, 0.1) is 17.2 Å². The van der Waals surface area contributed by atoms with E-state index in [-0.39, 0.29) is 12.2 Å². The Morgan fingerprint density at radius 3 is 2.86 bits per heavy atom. The van der Waals surface area contributed by atoms with Gasteiger partial charge in [-0.05, 0) is 44.2 Å². The molecule has 2 aromatic carbocycles. The van der Waals surface area contributed by atoms with E-state index in [1.54, 1.807) is 36.6 Å². The third kappa shape index (κ3) is 3.60. The van der Waals surface area contributed by atoms with Crippen LogP contribution in [0, 0.1) is 5.92 Å². The summed E-state index contributed by atoms with van der Waals surface area (Å²) in [5.74, 6) is 0.505. The lowest BCUT2D eigenvalue weighted by Crippen LogP contribution is -2.58. The van der Waals surface area contributed by atoms with Crippen molar-refractivity contribution < 1.29 is 18.7 Å². The molecule has 0 saturated carbocycles. The molecule has 0 amide bonds. The lowest BCUT2D eigenvalue weighted by molar-refractivity contribution is -0.160. The lowest BCUT2D eigenvalue weighted by atomic mass is 9.81. The van der Waals surface area contributed by atoms with Gasteiger partial charge in [0.25, 0.3) is 5.56 Å². The molecule has 2 aliphatic heterocycles. The molecule has 0 saturated heterocycles. The van der Waals surface area contributed by atoms with Crippen LogP contribution in [0.25, 0.3) is 17.4 Å². The number of halogens is 1. The highest BCUT2D eigenvalue weighted by molar-refractivity contribution is 7.07. The van der Waals surface area contributed by atoms with Crippen LogP contribution in [0.2, 0.25) is 5.02 Å². The van der Waals surface area contributed by atoms with Crippen LogP contribution in [0.4, 0.5) is 0 Å². The molecule has 0 fully saturated rings. The van der Waals surface area contributed by atoms with E-state index in [1.165, 1.54) is 11.3 Å². The Morgan fingerprint density at radius 2 is 2.06 bits per heavy atom. The zero-order valence-electron chi connectivity index (χ0n) is 19.4. The van der Waals surface area contributed by atoms with Crippen molar-refractivity contribution >= 4 is 35.0 Å². The molecule has 182 valence electrons. The Balaban J connectivity index is 1.50. The average Bonchev–Trinajstić information content (AvgIpc) is 3.43. The van der Waals surface area contributed by atoms with E-state index in [0.717, 1.165) is 11.1 Å². The molecule has 0 spiro atoms. The number of carbonyl (C=O) groups excluding carboxylic acids is 1. The first kappa shape index (κ1) is 22.8. The number of furan rings is 1. The summed E-state index contributed by atoms with van der Waals surface area (Å²) in [6, 6.07) is 17.8. The summed E-state index contributed by atoms with van der Waals surface area (Å²) in [6.45, 7) is 3.73. The topological polar surface area (TPSA) is 83.0 Å². The van der Waals surface area contributed by atoms with Gasteiger partial charge in [-0.15, -0.1) is 0 Å². The Kier molecular flexibility index (Phi) is 5.39. The highest BCUT2D eigenvalue weighted by Crippen LogP contribution is 2.47. The first-order valence-corrected chi connectivity index (χ1v) is 12.7. The van der Waals surface area contributed by atoms with Gasteiger partial charge in [-0.1, -0.05) is 53.3 Å². The predicted octanol–water partition coefficient (Wildman–Crippen LogP) is 4.16. The first-order valence-electron chi connectivity index (χ1n) is 11.5. The number of ether oxygens (including phenoxy) is 2. The fraction of sp³-hybridized carbons (Fsp3) is 0.222. The maximum absolute atomic E-state index is 13.7. The number of hydrogen-bond donors (Lipinski definition) is 0. The van der Waals surface area contributed by atoms with E-state index in [1.807, 2.05) is 48.5 Å². The molecule has 6 rings (SSSR count). The minimum atomic E-state index is -1.20. The fourth-order valence-electron chi connectivity index (χ4n) is 4.89. The molecule has 4 heterocycles. The van der Waals surface area contributed by atoms with Gasteiger partial charge < -0.3 is 13.9 Å². The third-order valence-electron chi connectivity index (χ3n) is 6.43. The Hall–Kier alpha value is -3.62. The van der Waals surface area contributed by atoms with Crippen LogP contribution in [-0.2, 0) is 9.53 Å². The molecule has 4 aromatic rings. The number of benzene rings is 2. The zero-order valence-corrected chi connectivity index (χ0v) is 21.0. The second-order valence-electron chi connectivity index (χ2n) is 8.76. The number of hydrogen-bond acceptors (Lipinski definition) is 7. The summed E-state index contributed by atoms with van der Waals surface area (Å²) >= 11 is 7.35. The van der Waals surface area contributed by atoms with Crippen LogP contribution in [0.1, 0.15) is 31.2 Å².